The minimum Gasteiger partial charge on any atom is -0.315 e. The summed E-state index contributed by atoms with van der Waals surface area (Å²) >= 11 is 11.4. The Labute approximate surface area is 121 Å². The molecule has 2 aromatic rings. The number of hydrogen-bond acceptors (Lipinski definition) is 6. The van der Waals surface area contributed by atoms with E-state index in [0.29, 0.717) is 5.82 Å². The Hall–Kier alpha value is -2.19. The smallest absolute Gasteiger partial charge is 0.315 e. The predicted octanol–water partition coefficient (Wildman–Crippen LogP) is 2.85. The molecule has 1 N–H and O–H groups in total. The van der Waals surface area contributed by atoms with E-state index < -0.39 is 16.5 Å². The first-order valence-electron chi connectivity index (χ1n) is 5.13. The molecule has 8 nitrogen and oxygen atoms in total. The molecule has 10 heteroatoms. The van der Waals surface area contributed by atoms with Crippen molar-refractivity contribution in [2.75, 3.05) is 5.32 Å². The number of nitro benzene ring substituents is 1. The monoisotopic (exact) mass is 316 g/mol. The molecule has 1 amide bonds. The van der Waals surface area contributed by atoms with E-state index in [1.54, 1.807) is 6.92 Å². The predicted molar refractivity (Wildman–Crippen MR) is 70.1 cm³/mol. The fraction of sp³-hybridized carbons (Fsp3) is 0.100. The molecule has 0 aliphatic heterocycles. The van der Waals surface area contributed by atoms with E-state index in [9.17, 15) is 14.9 Å². The number of aryl methyl sites for hydroxylation is 1. The Balaban J connectivity index is 2.32. The summed E-state index contributed by atoms with van der Waals surface area (Å²) < 4.78 is 4.70. The van der Waals surface area contributed by atoms with Gasteiger partial charge >= 0.3 is 6.01 Å². The molecule has 0 bridgehead atoms. The van der Waals surface area contributed by atoms with Gasteiger partial charge in [0.15, 0.2) is 5.82 Å². The highest BCUT2D eigenvalue weighted by molar-refractivity contribution is 6.43. The Morgan fingerprint density at radius 3 is 2.70 bits per heavy atom. The van der Waals surface area contributed by atoms with Crippen molar-refractivity contribution in [3.63, 3.8) is 0 Å². The molecule has 0 unspecified atom stereocenters. The van der Waals surface area contributed by atoms with Crippen molar-refractivity contribution in [3.8, 4) is 0 Å². The number of nitro groups is 1. The summed E-state index contributed by atoms with van der Waals surface area (Å²) in [4.78, 5) is 25.7. The van der Waals surface area contributed by atoms with E-state index in [-0.39, 0.29) is 21.6 Å². The van der Waals surface area contributed by atoms with Crippen LogP contribution in [0.25, 0.3) is 0 Å². The van der Waals surface area contributed by atoms with Gasteiger partial charge in [-0.15, -0.1) is 0 Å². The summed E-state index contributed by atoms with van der Waals surface area (Å²) in [6.07, 6.45) is 0. The number of halogens is 2. The normalized spacial score (nSPS) is 10.3. The van der Waals surface area contributed by atoms with Gasteiger partial charge in [-0.3, -0.25) is 20.2 Å². The van der Waals surface area contributed by atoms with Crippen LogP contribution in [0.4, 0.5) is 11.7 Å². The molecule has 0 saturated carbocycles. The maximum atomic E-state index is 11.9. The number of carbonyl (C=O) groups is 1. The van der Waals surface area contributed by atoms with Gasteiger partial charge < -0.3 is 4.52 Å². The molecular weight excluding hydrogens is 311 g/mol. The first-order chi connectivity index (χ1) is 9.38. The highest BCUT2D eigenvalue weighted by atomic mass is 35.5. The van der Waals surface area contributed by atoms with Crippen molar-refractivity contribution in [3.05, 3.63) is 43.7 Å². The molecule has 1 aromatic heterocycles. The minimum absolute atomic E-state index is 0.0537. The SMILES string of the molecule is Cc1noc(NC(=O)c2cc(Cl)c(Cl)c([N+](=O)[O-])c2)n1. The number of nitrogens with one attached hydrogen (secondary N) is 1. The number of anilines is 1. The lowest BCUT2D eigenvalue weighted by molar-refractivity contribution is -0.384. The van der Waals surface area contributed by atoms with Gasteiger partial charge in [0.05, 0.1) is 9.95 Å². The molecule has 2 rings (SSSR count). The van der Waals surface area contributed by atoms with Crippen molar-refractivity contribution in [2.45, 2.75) is 6.92 Å². The van der Waals surface area contributed by atoms with E-state index in [0.717, 1.165) is 6.07 Å². The highest BCUT2D eigenvalue weighted by Crippen LogP contribution is 2.33. The van der Waals surface area contributed by atoms with Crippen LogP contribution in [0.5, 0.6) is 0 Å². The number of benzene rings is 1. The van der Waals surface area contributed by atoms with Crippen LogP contribution in [-0.4, -0.2) is 21.0 Å². The summed E-state index contributed by atoms with van der Waals surface area (Å²) in [6, 6.07) is 2.09. The zero-order valence-corrected chi connectivity index (χ0v) is 11.4. The van der Waals surface area contributed by atoms with E-state index in [1.165, 1.54) is 6.07 Å². The topological polar surface area (TPSA) is 111 Å². The lowest BCUT2D eigenvalue weighted by atomic mass is 10.2. The summed E-state index contributed by atoms with van der Waals surface area (Å²) in [5.41, 5.74) is -0.520. The summed E-state index contributed by atoms with van der Waals surface area (Å²) in [6.45, 7) is 1.57. The van der Waals surface area contributed by atoms with Crippen molar-refractivity contribution >= 4 is 40.8 Å². The number of nitrogens with zero attached hydrogens (tertiary/aromatic N) is 3. The minimum atomic E-state index is -0.734. The van der Waals surface area contributed by atoms with E-state index in [4.69, 9.17) is 27.7 Å². The average Bonchev–Trinajstić information content (AvgIpc) is 2.77. The van der Waals surface area contributed by atoms with Gasteiger partial charge in [0.2, 0.25) is 0 Å². The van der Waals surface area contributed by atoms with E-state index in [2.05, 4.69) is 15.5 Å². The van der Waals surface area contributed by atoms with Crippen molar-refractivity contribution in [1.82, 2.24) is 10.1 Å². The average molecular weight is 317 g/mol. The fourth-order valence-corrected chi connectivity index (χ4v) is 1.75. The van der Waals surface area contributed by atoms with Crippen LogP contribution in [0.1, 0.15) is 16.2 Å². The third-order valence-electron chi connectivity index (χ3n) is 2.22. The Kier molecular flexibility index (Phi) is 3.86. The van der Waals surface area contributed by atoms with Crippen molar-refractivity contribution in [1.29, 1.82) is 0 Å². The molecule has 0 fully saturated rings. The maximum Gasteiger partial charge on any atom is 0.328 e. The van der Waals surface area contributed by atoms with Gasteiger partial charge in [-0.1, -0.05) is 28.4 Å². The fourth-order valence-electron chi connectivity index (χ4n) is 1.36. The van der Waals surface area contributed by atoms with Crippen LogP contribution in [-0.2, 0) is 0 Å². The molecule has 1 aromatic carbocycles. The van der Waals surface area contributed by atoms with Crippen LogP contribution >= 0.6 is 23.2 Å². The van der Waals surface area contributed by atoms with Crippen molar-refractivity contribution in [2.24, 2.45) is 0 Å². The van der Waals surface area contributed by atoms with Gasteiger partial charge in [0, 0.05) is 11.6 Å². The molecule has 0 atom stereocenters. The second-order valence-electron chi connectivity index (χ2n) is 3.65. The molecule has 0 spiro atoms. The van der Waals surface area contributed by atoms with Crippen LogP contribution in [0.15, 0.2) is 16.7 Å². The molecule has 20 heavy (non-hydrogen) atoms. The Bertz CT molecular complexity index is 701. The highest BCUT2D eigenvalue weighted by Gasteiger charge is 2.21. The summed E-state index contributed by atoms with van der Waals surface area (Å²) in [5.74, 6) is -0.351. The first-order valence-corrected chi connectivity index (χ1v) is 5.89. The number of amides is 1. The van der Waals surface area contributed by atoms with Gasteiger partial charge in [0.25, 0.3) is 11.6 Å². The number of rotatable bonds is 3. The largest absolute Gasteiger partial charge is 0.328 e. The molecule has 0 aliphatic carbocycles. The molecule has 0 saturated heterocycles. The zero-order valence-electron chi connectivity index (χ0n) is 9.89. The van der Waals surface area contributed by atoms with E-state index >= 15 is 0 Å². The second-order valence-corrected chi connectivity index (χ2v) is 4.43. The van der Waals surface area contributed by atoms with Crippen LogP contribution in [0, 0.1) is 17.0 Å². The number of aromatic nitrogens is 2. The maximum absolute atomic E-state index is 11.9. The molecule has 0 aliphatic rings. The quantitative estimate of drug-likeness (QED) is 0.688. The summed E-state index contributed by atoms with van der Waals surface area (Å²) in [5, 5.41) is 16.2. The van der Waals surface area contributed by atoms with E-state index in [1.807, 2.05) is 0 Å². The lowest BCUT2D eigenvalue weighted by Gasteiger charge is -2.03. The summed E-state index contributed by atoms with van der Waals surface area (Å²) in [7, 11) is 0. The molecule has 0 radical (unpaired) electrons. The van der Waals surface area contributed by atoms with Gasteiger partial charge in [0.1, 0.15) is 5.02 Å². The van der Waals surface area contributed by atoms with Crippen LogP contribution in [0.2, 0.25) is 10.0 Å². The lowest BCUT2D eigenvalue weighted by Crippen LogP contribution is -2.12. The van der Waals surface area contributed by atoms with Gasteiger partial charge in [-0.05, 0) is 13.0 Å². The molecule has 104 valence electrons. The van der Waals surface area contributed by atoms with Crippen LogP contribution in [0.3, 0.4) is 0 Å². The van der Waals surface area contributed by atoms with Gasteiger partial charge in [-0.25, -0.2) is 0 Å². The second kappa shape index (κ2) is 5.43. The third-order valence-corrected chi connectivity index (χ3v) is 3.01. The van der Waals surface area contributed by atoms with Gasteiger partial charge in [-0.2, -0.15) is 4.98 Å². The number of hydrogen-bond donors (Lipinski definition) is 1. The third kappa shape index (κ3) is 2.86. The molecule has 1 heterocycles. The first kappa shape index (κ1) is 14.2. The number of carbonyl (C=O) groups excluding carboxylic acids is 1. The molecular formula is C10H6Cl2N4O4. The standard InChI is InChI=1S/C10H6Cl2N4O4/c1-4-13-10(20-15-4)14-9(17)5-2-6(11)8(12)7(3-5)16(18)19/h2-3H,1H3,(H,13,14,15,17). The van der Waals surface area contributed by atoms with Crippen LogP contribution < -0.4 is 5.32 Å². The van der Waals surface area contributed by atoms with Crippen molar-refractivity contribution < 1.29 is 14.2 Å². The Morgan fingerprint density at radius 1 is 1.45 bits per heavy atom. The Morgan fingerprint density at radius 2 is 2.15 bits per heavy atom. The zero-order chi connectivity index (χ0) is 14.9.